The second-order valence-corrected chi connectivity index (χ2v) is 4.84. The summed E-state index contributed by atoms with van der Waals surface area (Å²) in [6.45, 7) is 3.84. The fourth-order valence-corrected chi connectivity index (χ4v) is 2.20. The lowest BCUT2D eigenvalue weighted by Gasteiger charge is -2.14. The summed E-state index contributed by atoms with van der Waals surface area (Å²) in [5.74, 6) is 0.365. The first-order chi connectivity index (χ1) is 11.2. The SMILES string of the molecule is C=C1NN(c2ccccc2)C(=O)C1=NNc1ccccc1OC. The van der Waals surface area contributed by atoms with Crippen LogP contribution in [0.5, 0.6) is 5.75 Å². The van der Waals surface area contributed by atoms with Gasteiger partial charge in [0.2, 0.25) is 0 Å². The Hall–Kier alpha value is -3.28. The number of benzene rings is 2. The lowest BCUT2D eigenvalue weighted by molar-refractivity contribution is -0.112. The number of methoxy groups -OCH3 is 1. The first-order valence-electron chi connectivity index (χ1n) is 7.03. The number of anilines is 2. The lowest BCUT2D eigenvalue weighted by Crippen LogP contribution is -2.34. The average Bonchev–Trinajstić information content (AvgIpc) is 2.88. The van der Waals surface area contributed by atoms with Gasteiger partial charge >= 0.3 is 0 Å². The third-order valence-electron chi connectivity index (χ3n) is 3.35. The molecule has 2 aromatic carbocycles. The van der Waals surface area contributed by atoms with Gasteiger partial charge in [-0.15, -0.1) is 0 Å². The second kappa shape index (κ2) is 6.23. The molecule has 1 heterocycles. The van der Waals surface area contributed by atoms with Crippen LogP contribution in [0.15, 0.2) is 72.0 Å². The molecule has 0 unspecified atom stereocenters. The van der Waals surface area contributed by atoms with E-state index in [0.29, 0.717) is 17.1 Å². The predicted octanol–water partition coefficient (Wildman–Crippen LogP) is 2.53. The lowest BCUT2D eigenvalue weighted by atomic mass is 10.3. The third kappa shape index (κ3) is 2.87. The summed E-state index contributed by atoms with van der Waals surface area (Å²) >= 11 is 0. The molecule has 0 radical (unpaired) electrons. The van der Waals surface area contributed by atoms with Crippen molar-refractivity contribution in [1.29, 1.82) is 0 Å². The Kier molecular flexibility index (Phi) is 3.97. The second-order valence-electron chi connectivity index (χ2n) is 4.84. The predicted molar refractivity (Wildman–Crippen MR) is 90.3 cm³/mol. The van der Waals surface area contributed by atoms with Crippen molar-refractivity contribution >= 4 is 23.0 Å². The summed E-state index contributed by atoms with van der Waals surface area (Å²) in [5.41, 5.74) is 7.82. The monoisotopic (exact) mass is 308 g/mol. The molecule has 0 aromatic heterocycles. The Morgan fingerprint density at radius 2 is 1.83 bits per heavy atom. The van der Waals surface area contributed by atoms with E-state index in [9.17, 15) is 4.79 Å². The molecule has 1 amide bonds. The Balaban J connectivity index is 1.83. The zero-order chi connectivity index (χ0) is 16.2. The summed E-state index contributed by atoms with van der Waals surface area (Å²) in [5, 5.41) is 5.58. The highest BCUT2D eigenvalue weighted by atomic mass is 16.5. The molecular weight excluding hydrogens is 292 g/mol. The van der Waals surface area contributed by atoms with Crippen molar-refractivity contribution in [2.75, 3.05) is 17.5 Å². The van der Waals surface area contributed by atoms with E-state index in [1.807, 2.05) is 54.6 Å². The van der Waals surface area contributed by atoms with E-state index in [2.05, 4.69) is 22.5 Å². The molecule has 2 aromatic rings. The molecule has 23 heavy (non-hydrogen) atoms. The summed E-state index contributed by atoms with van der Waals surface area (Å²) in [4.78, 5) is 12.5. The highest BCUT2D eigenvalue weighted by Gasteiger charge is 2.32. The molecule has 3 rings (SSSR count). The Morgan fingerprint density at radius 3 is 2.57 bits per heavy atom. The van der Waals surface area contributed by atoms with Crippen molar-refractivity contribution < 1.29 is 9.53 Å². The molecule has 1 fully saturated rings. The van der Waals surface area contributed by atoms with E-state index in [4.69, 9.17) is 4.74 Å². The quantitative estimate of drug-likeness (QED) is 0.852. The summed E-state index contributed by atoms with van der Waals surface area (Å²) in [6, 6.07) is 16.6. The van der Waals surface area contributed by atoms with E-state index in [-0.39, 0.29) is 11.6 Å². The average molecular weight is 308 g/mol. The highest BCUT2D eigenvalue weighted by molar-refractivity contribution is 6.51. The van der Waals surface area contributed by atoms with Gasteiger partial charge in [-0.3, -0.25) is 15.6 Å². The standard InChI is InChI=1S/C17H16N4O2/c1-12-16(19-18-14-10-6-7-11-15(14)23-2)17(22)21(20-12)13-8-4-3-5-9-13/h3-11,18,20H,1H2,2H3. The van der Waals surface area contributed by atoms with Crippen LogP contribution in [0.4, 0.5) is 11.4 Å². The number of nitrogens with zero attached hydrogens (tertiary/aromatic N) is 2. The molecule has 6 nitrogen and oxygen atoms in total. The van der Waals surface area contributed by atoms with Crippen molar-refractivity contribution in [1.82, 2.24) is 5.43 Å². The summed E-state index contributed by atoms with van der Waals surface area (Å²) in [7, 11) is 1.58. The molecule has 0 aliphatic carbocycles. The van der Waals surface area contributed by atoms with Gasteiger partial charge in [0.25, 0.3) is 5.91 Å². The number of hydrogen-bond donors (Lipinski definition) is 2. The Bertz CT molecular complexity index is 771. The van der Waals surface area contributed by atoms with Crippen LogP contribution in [0.3, 0.4) is 0 Å². The molecule has 6 heteroatoms. The van der Waals surface area contributed by atoms with E-state index in [1.165, 1.54) is 5.01 Å². The molecule has 116 valence electrons. The number of rotatable bonds is 4. The fourth-order valence-electron chi connectivity index (χ4n) is 2.20. The van der Waals surface area contributed by atoms with Gasteiger partial charge in [-0.1, -0.05) is 36.9 Å². The Morgan fingerprint density at radius 1 is 1.13 bits per heavy atom. The summed E-state index contributed by atoms with van der Waals surface area (Å²) in [6.07, 6.45) is 0. The fraction of sp³-hybridized carbons (Fsp3) is 0.0588. The van der Waals surface area contributed by atoms with Crippen LogP contribution in [0.1, 0.15) is 0 Å². The minimum atomic E-state index is -0.274. The molecule has 1 aliphatic rings. The van der Waals surface area contributed by atoms with Gasteiger partial charge in [-0.25, -0.2) is 5.01 Å². The minimum absolute atomic E-state index is 0.222. The number of hydrogen-bond acceptors (Lipinski definition) is 5. The van der Waals surface area contributed by atoms with Crippen LogP contribution in [0, 0.1) is 0 Å². The highest BCUT2D eigenvalue weighted by Crippen LogP contribution is 2.24. The molecule has 0 spiro atoms. The maximum Gasteiger partial charge on any atom is 0.299 e. The molecule has 0 bridgehead atoms. The molecule has 1 saturated heterocycles. The van der Waals surface area contributed by atoms with Gasteiger partial charge in [0.1, 0.15) is 5.75 Å². The number of nitrogens with one attached hydrogen (secondary N) is 2. The number of hydrazone groups is 1. The first-order valence-corrected chi connectivity index (χ1v) is 7.03. The van der Waals surface area contributed by atoms with Crippen LogP contribution in [0.2, 0.25) is 0 Å². The molecular formula is C17H16N4O2. The van der Waals surface area contributed by atoms with Gasteiger partial charge in [-0.2, -0.15) is 5.10 Å². The van der Waals surface area contributed by atoms with Crippen LogP contribution in [-0.4, -0.2) is 18.7 Å². The van der Waals surface area contributed by atoms with Gasteiger partial charge in [0.05, 0.1) is 24.2 Å². The number of carbonyl (C=O) groups excluding carboxylic acids is 1. The zero-order valence-corrected chi connectivity index (χ0v) is 12.6. The number of ether oxygens (including phenoxy) is 1. The van der Waals surface area contributed by atoms with E-state index in [0.717, 1.165) is 5.69 Å². The van der Waals surface area contributed by atoms with Gasteiger partial charge < -0.3 is 4.74 Å². The molecule has 0 saturated carbocycles. The first kappa shape index (κ1) is 14.6. The van der Waals surface area contributed by atoms with Crippen molar-refractivity contribution in [3.05, 3.63) is 66.9 Å². The number of amides is 1. The topological polar surface area (TPSA) is 66.0 Å². The largest absolute Gasteiger partial charge is 0.495 e. The van der Waals surface area contributed by atoms with Crippen LogP contribution in [0.25, 0.3) is 0 Å². The van der Waals surface area contributed by atoms with Crippen LogP contribution >= 0.6 is 0 Å². The molecule has 0 atom stereocenters. The van der Waals surface area contributed by atoms with Crippen molar-refractivity contribution in [2.24, 2.45) is 5.10 Å². The van der Waals surface area contributed by atoms with Crippen molar-refractivity contribution in [3.8, 4) is 5.75 Å². The maximum atomic E-state index is 12.5. The van der Waals surface area contributed by atoms with Crippen LogP contribution < -0.4 is 20.6 Å². The van der Waals surface area contributed by atoms with Crippen LogP contribution in [-0.2, 0) is 4.79 Å². The third-order valence-corrected chi connectivity index (χ3v) is 3.35. The number of para-hydroxylation sites is 3. The van der Waals surface area contributed by atoms with Gasteiger partial charge in [0, 0.05) is 0 Å². The Labute approximate surface area is 134 Å². The zero-order valence-electron chi connectivity index (χ0n) is 12.6. The number of carbonyl (C=O) groups is 1. The van der Waals surface area contributed by atoms with Gasteiger partial charge in [0.15, 0.2) is 5.71 Å². The number of hydrazine groups is 1. The van der Waals surface area contributed by atoms with Crippen molar-refractivity contribution in [3.63, 3.8) is 0 Å². The van der Waals surface area contributed by atoms with E-state index >= 15 is 0 Å². The smallest absolute Gasteiger partial charge is 0.299 e. The summed E-state index contributed by atoms with van der Waals surface area (Å²) < 4.78 is 5.24. The minimum Gasteiger partial charge on any atom is -0.495 e. The molecule has 2 N–H and O–H groups in total. The van der Waals surface area contributed by atoms with Crippen molar-refractivity contribution in [2.45, 2.75) is 0 Å². The van der Waals surface area contributed by atoms with E-state index < -0.39 is 0 Å². The maximum absolute atomic E-state index is 12.5. The van der Waals surface area contributed by atoms with Gasteiger partial charge in [-0.05, 0) is 24.3 Å². The van der Waals surface area contributed by atoms with E-state index in [1.54, 1.807) is 7.11 Å². The normalized spacial score (nSPS) is 15.7. The molecule has 1 aliphatic heterocycles.